The average Bonchev–Trinajstić information content (AvgIpc) is 3.19. The highest BCUT2D eigenvalue weighted by Crippen LogP contribution is 2.26. The number of aromatic nitrogens is 2. The summed E-state index contributed by atoms with van der Waals surface area (Å²) in [5.41, 5.74) is 1.13. The van der Waals surface area contributed by atoms with Gasteiger partial charge in [-0.3, -0.25) is 10.1 Å². The summed E-state index contributed by atoms with van der Waals surface area (Å²) in [5, 5.41) is 10.7. The van der Waals surface area contributed by atoms with Gasteiger partial charge in [0.2, 0.25) is 11.0 Å². The van der Waals surface area contributed by atoms with Crippen LogP contribution in [-0.2, 0) is 9.53 Å². The highest BCUT2D eigenvalue weighted by atomic mass is 32.2. The maximum atomic E-state index is 12.5. The van der Waals surface area contributed by atoms with Gasteiger partial charge < -0.3 is 19.3 Å². The molecule has 0 spiro atoms. The largest absolute Gasteiger partial charge is 0.497 e. The third-order valence-electron chi connectivity index (χ3n) is 4.28. The van der Waals surface area contributed by atoms with E-state index in [1.807, 2.05) is 29.2 Å². The summed E-state index contributed by atoms with van der Waals surface area (Å²) in [6.07, 6.45) is -0.564. The molecule has 0 unspecified atom stereocenters. The topological polar surface area (TPSA) is 96.9 Å². The van der Waals surface area contributed by atoms with Crippen LogP contribution < -0.4 is 15.0 Å². The number of rotatable bonds is 7. The molecular formula is C18H23N5O4S2. The molecule has 1 aliphatic rings. The van der Waals surface area contributed by atoms with Gasteiger partial charge in [-0.25, -0.2) is 4.79 Å². The molecular weight excluding hydrogens is 414 g/mol. The third-order valence-corrected chi connectivity index (χ3v) is 6.24. The maximum Gasteiger partial charge on any atom is 0.413 e. The van der Waals surface area contributed by atoms with E-state index in [0.29, 0.717) is 22.6 Å². The van der Waals surface area contributed by atoms with Crippen molar-refractivity contribution in [1.29, 1.82) is 0 Å². The molecule has 156 valence electrons. The van der Waals surface area contributed by atoms with E-state index in [9.17, 15) is 9.59 Å². The molecule has 9 nitrogen and oxygen atoms in total. The molecule has 29 heavy (non-hydrogen) atoms. The van der Waals surface area contributed by atoms with Crippen LogP contribution in [0.2, 0.25) is 0 Å². The van der Waals surface area contributed by atoms with Crippen molar-refractivity contribution >= 4 is 45.9 Å². The van der Waals surface area contributed by atoms with Gasteiger partial charge in [0, 0.05) is 31.9 Å². The lowest BCUT2D eigenvalue weighted by Gasteiger charge is -2.36. The Bertz CT molecular complexity index is 822. The van der Waals surface area contributed by atoms with Crippen molar-refractivity contribution in [2.24, 2.45) is 0 Å². The average molecular weight is 438 g/mol. The van der Waals surface area contributed by atoms with Gasteiger partial charge in [-0.15, -0.1) is 10.2 Å². The Hall–Kier alpha value is -2.53. The lowest BCUT2D eigenvalue weighted by molar-refractivity contribution is -0.128. The Morgan fingerprint density at radius 2 is 1.90 bits per heavy atom. The van der Waals surface area contributed by atoms with Crippen LogP contribution in [0.3, 0.4) is 0 Å². The number of carbonyl (C=O) groups excluding carboxylic acids is 2. The molecule has 2 amide bonds. The van der Waals surface area contributed by atoms with Gasteiger partial charge in [0.1, 0.15) is 5.75 Å². The number of hydrogen-bond donors (Lipinski definition) is 1. The first-order valence-corrected chi connectivity index (χ1v) is 11.0. The minimum atomic E-state index is -0.564. The summed E-state index contributed by atoms with van der Waals surface area (Å²) in [6.45, 7) is 4.94. The molecule has 3 rings (SSSR count). The van der Waals surface area contributed by atoms with Crippen LogP contribution in [0.25, 0.3) is 0 Å². The number of anilines is 2. The van der Waals surface area contributed by atoms with Crippen molar-refractivity contribution < 1.29 is 19.1 Å². The van der Waals surface area contributed by atoms with Gasteiger partial charge in [0.15, 0.2) is 4.34 Å². The number of amides is 2. The number of methoxy groups -OCH3 is 1. The zero-order valence-corrected chi connectivity index (χ0v) is 17.9. The molecule has 0 saturated carbocycles. The summed E-state index contributed by atoms with van der Waals surface area (Å²) in [6, 6.07) is 7.94. The second kappa shape index (κ2) is 10.3. The number of nitrogens with one attached hydrogen (secondary N) is 1. The molecule has 1 aliphatic heterocycles. The van der Waals surface area contributed by atoms with Crippen molar-refractivity contribution in [2.45, 2.75) is 11.3 Å². The van der Waals surface area contributed by atoms with Gasteiger partial charge in [-0.05, 0) is 31.2 Å². The van der Waals surface area contributed by atoms with Gasteiger partial charge in [0.05, 0.1) is 19.5 Å². The normalized spacial score (nSPS) is 13.9. The first-order valence-electron chi connectivity index (χ1n) is 9.16. The van der Waals surface area contributed by atoms with E-state index in [-0.39, 0.29) is 18.3 Å². The van der Waals surface area contributed by atoms with Crippen molar-refractivity contribution in [3.05, 3.63) is 24.3 Å². The lowest BCUT2D eigenvalue weighted by Crippen LogP contribution is -2.49. The molecule has 2 heterocycles. The lowest BCUT2D eigenvalue weighted by atomic mass is 10.2. The van der Waals surface area contributed by atoms with Crippen molar-refractivity contribution in [3.63, 3.8) is 0 Å². The molecule has 0 radical (unpaired) electrons. The monoisotopic (exact) mass is 437 g/mol. The van der Waals surface area contributed by atoms with Gasteiger partial charge >= 0.3 is 6.09 Å². The fourth-order valence-electron chi connectivity index (χ4n) is 2.79. The molecule has 2 aromatic rings. The van der Waals surface area contributed by atoms with Gasteiger partial charge in [-0.1, -0.05) is 23.1 Å². The molecule has 1 fully saturated rings. The SMILES string of the molecule is CCOC(=O)Nc1nnc(SCC(=O)N2CCN(c3ccc(OC)cc3)CC2)s1. The molecule has 0 atom stereocenters. The third kappa shape index (κ3) is 5.97. The zero-order valence-electron chi connectivity index (χ0n) is 16.3. The molecule has 1 N–H and O–H groups in total. The van der Waals surface area contributed by atoms with Crippen LogP contribution in [-0.4, -0.2) is 72.7 Å². The molecule has 1 aromatic carbocycles. The summed E-state index contributed by atoms with van der Waals surface area (Å²) in [4.78, 5) is 28.0. The Kier molecular flexibility index (Phi) is 7.53. The Morgan fingerprint density at radius 1 is 1.17 bits per heavy atom. The predicted molar refractivity (Wildman–Crippen MR) is 113 cm³/mol. The Labute approximate surface area is 177 Å². The molecule has 1 aromatic heterocycles. The summed E-state index contributed by atoms with van der Waals surface area (Å²) < 4.78 is 10.6. The highest BCUT2D eigenvalue weighted by molar-refractivity contribution is 8.01. The number of benzene rings is 1. The summed E-state index contributed by atoms with van der Waals surface area (Å²) in [5.74, 6) is 1.19. The predicted octanol–water partition coefficient (Wildman–Crippen LogP) is 2.56. The highest BCUT2D eigenvalue weighted by Gasteiger charge is 2.22. The van der Waals surface area contributed by atoms with E-state index >= 15 is 0 Å². The summed E-state index contributed by atoms with van der Waals surface area (Å²) in [7, 11) is 1.65. The zero-order chi connectivity index (χ0) is 20.6. The van der Waals surface area contributed by atoms with Crippen LogP contribution in [0, 0.1) is 0 Å². The second-order valence-electron chi connectivity index (χ2n) is 6.07. The standard InChI is InChI=1S/C18H23N5O4S2/c1-3-27-17(25)19-16-20-21-18(29-16)28-12-15(24)23-10-8-22(9-11-23)13-4-6-14(26-2)7-5-13/h4-7H,3,8-12H2,1-2H3,(H,19,20,25). The number of nitrogens with zero attached hydrogens (tertiary/aromatic N) is 4. The van der Waals surface area contributed by atoms with Crippen LogP contribution >= 0.6 is 23.1 Å². The minimum Gasteiger partial charge on any atom is -0.497 e. The molecule has 11 heteroatoms. The number of hydrogen-bond acceptors (Lipinski definition) is 9. The Morgan fingerprint density at radius 3 is 2.55 bits per heavy atom. The Balaban J connectivity index is 1.43. The van der Waals surface area contributed by atoms with Crippen LogP contribution in [0.1, 0.15) is 6.92 Å². The van der Waals surface area contributed by atoms with Crippen molar-refractivity contribution in [2.75, 3.05) is 55.9 Å². The van der Waals surface area contributed by atoms with E-state index in [2.05, 4.69) is 20.4 Å². The smallest absolute Gasteiger partial charge is 0.413 e. The van der Waals surface area contributed by atoms with Crippen LogP contribution in [0.5, 0.6) is 5.75 Å². The fraction of sp³-hybridized carbons (Fsp3) is 0.444. The molecule has 0 bridgehead atoms. The van der Waals surface area contributed by atoms with Crippen LogP contribution in [0.4, 0.5) is 15.6 Å². The number of thioether (sulfide) groups is 1. The van der Waals surface area contributed by atoms with E-state index < -0.39 is 6.09 Å². The first-order chi connectivity index (χ1) is 14.1. The van der Waals surface area contributed by atoms with Gasteiger partial charge in [-0.2, -0.15) is 0 Å². The van der Waals surface area contributed by atoms with Crippen LogP contribution in [0.15, 0.2) is 28.6 Å². The maximum absolute atomic E-state index is 12.5. The fourth-order valence-corrected chi connectivity index (χ4v) is 4.44. The minimum absolute atomic E-state index is 0.0690. The first kappa shape index (κ1) is 21.2. The number of piperazine rings is 1. The van der Waals surface area contributed by atoms with Gasteiger partial charge in [0.25, 0.3) is 0 Å². The molecule has 1 saturated heterocycles. The quantitative estimate of drug-likeness (QED) is 0.521. The second-order valence-corrected chi connectivity index (χ2v) is 8.27. The molecule has 0 aliphatic carbocycles. The number of carbonyl (C=O) groups is 2. The van der Waals surface area contributed by atoms with Crippen molar-refractivity contribution in [3.8, 4) is 5.75 Å². The van der Waals surface area contributed by atoms with E-state index in [1.54, 1.807) is 14.0 Å². The van der Waals surface area contributed by atoms with E-state index in [1.165, 1.54) is 23.1 Å². The summed E-state index contributed by atoms with van der Waals surface area (Å²) >= 11 is 2.53. The number of ether oxygens (including phenoxy) is 2. The van der Waals surface area contributed by atoms with E-state index in [4.69, 9.17) is 9.47 Å². The van der Waals surface area contributed by atoms with E-state index in [0.717, 1.165) is 24.5 Å². The van der Waals surface area contributed by atoms with Crippen molar-refractivity contribution in [1.82, 2.24) is 15.1 Å².